The van der Waals surface area contributed by atoms with Crippen molar-refractivity contribution in [3.05, 3.63) is 0 Å². The summed E-state index contributed by atoms with van der Waals surface area (Å²) in [6.45, 7) is 3.59. The molecule has 0 N–H and O–H groups in total. The van der Waals surface area contributed by atoms with E-state index in [1.807, 2.05) is 6.92 Å². The van der Waals surface area contributed by atoms with Gasteiger partial charge in [0.2, 0.25) is 6.08 Å². The molecule has 1 unspecified atom stereocenters. The highest BCUT2D eigenvalue weighted by molar-refractivity contribution is 5.83. The third-order valence-electron chi connectivity index (χ3n) is 1.19. The molecule has 0 fully saturated rings. The summed E-state index contributed by atoms with van der Waals surface area (Å²) in [5.41, 5.74) is 0. The average molecular weight is 127 g/mol. The largest absolute Gasteiger partial charge is 0.271 e. The van der Waals surface area contributed by atoms with Crippen LogP contribution in [0.3, 0.4) is 0 Å². The molecule has 3 nitrogen and oxygen atoms in total. The Morgan fingerprint density at radius 3 is 2.67 bits per heavy atom. The van der Waals surface area contributed by atoms with Crippen LogP contribution in [0, 0.1) is 5.92 Å². The maximum Gasteiger partial charge on any atom is 0.259 e. The first kappa shape index (κ1) is 8.05. The molecule has 1 amide bonds. The van der Waals surface area contributed by atoms with Crippen LogP contribution < -0.4 is 0 Å². The van der Waals surface area contributed by atoms with E-state index < -0.39 is 0 Å². The van der Waals surface area contributed by atoms with E-state index in [2.05, 4.69) is 4.99 Å². The van der Waals surface area contributed by atoms with Gasteiger partial charge in [-0.2, -0.15) is 0 Å². The highest BCUT2D eigenvalue weighted by Gasteiger charge is 2.07. The Morgan fingerprint density at radius 1 is 1.78 bits per heavy atom. The van der Waals surface area contributed by atoms with Crippen LogP contribution in [0.1, 0.15) is 20.3 Å². The second kappa shape index (κ2) is 3.98. The van der Waals surface area contributed by atoms with E-state index in [-0.39, 0.29) is 11.8 Å². The first-order valence-corrected chi connectivity index (χ1v) is 2.84. The summed E-state index contributed by atoms with van der Waals surface area (Å²) in [5, 5.41) is 0. The Balaban J connectivity index is 3.87. The van der Waals surface area contributed by atoms with Crippen molar-refractivity contribution >= 4 is 12.0 Å². The lowest BCUT2D eigenvalue weighted by Gasteiger charge is -1.97. The zero-order valence-corrected chi connectivity index (χ0v) is 5.55. The molecule has 0 heterocycles. The molecule has 0 aliphatic carbocycles. The van der Waals surface area contributed by atoms with E-state index in [1.165, 1.54) is 6.08 Å². The Bertz CT molecular complexity index is 147. The van der Waals surface area contributed by atoms with Gasteiger partial charge in [0.1, 0.15) is 0 Å². The standard InChI is InChI=1S/C6H9NO2/c1-3-5(2)6(9)7-4-8/h5H,3H2,1-2H3. The van der Waals surface area contributed by atoms with Crippen LogP contribution >= 0.6 is 0 Å². The maximum atomic E-state index is 10.5. The predicted octanol–water partition coefficient (Wildman–Crippen LogP) is 0.895. The van der Waals surface area contributed by atoms with E-state index >= 15 is 0 Å². The number of carbonyl (C=O) groups is 1. The van der Waals surface area contributed by atoms with E-state index in [4.69, 9.17) is 0 Å². The molecule has 0 bridgehead atoms. The van der Waals surface area contributed by atoms with Gasteiger partial charge in [-0.15, -0.1) is 4.99 Å². The van der Waals surface area contributed by atoms with E-state index in [9.17, 15) is 9.59 Å². The molecule has 0 rings (SSSR count). The van der Waals surface area contributed by atoms with Crippen molar-refractivity contribution < 1.29 is 9.59 Å². The van der Waals surface area contributed by atoms with Gasteiger partial charge >= 0.3 is 0 Å². The highest BCUT2D eigenvalue weighted by atomic mass is 16.2. The van der Waals surface area contributed by atoms with Gasteiger partial charge < -0.3 is 0 Å². The molecule has 0 saturated carbocycles. The first-order chi connectivity index (χ1) is 4.22. The van der Waals surface area contributed by atoms with Gasteiger partial charge in [0, 0.05) is 5.92 Å². The van der Waals surface area contributed by atoms with E-state index in [0.717, 1.165) is 0 Å². The normalized spacial score (nSPS) is 11.8. The van der Waals surface area contributed by atoms with Crippen LogP contribution in [-0.4, -0.2) is 12.0 Å². The Kier molecular flexibility index (Phi) is 3.56. The lowest BCUT2D eigenvalue weighted by molar-refractivity contribution is -0.121. The van der Waals surface area contributed by atoms with Gasteiger partial charge in [-0.25, -0.2) is 4.79 Å². The van der Waals surface area contributed by atoms with Crippen molar-refractivity contribution in [1.29, 1.82) is 0 Å². The van der Waals surface area contributed by atoms with Crippen LogP contribution in [0.2, 0.25) is 0 Å². The predicted molar refractivity (Wildman–Crippen MR) is 32.6 cm³/mol. The Hall–Kier alpha value is -0.950. The summed E-state index contributed by atoms with van der Waals surface area (Å²) in [5.74, 6) is -0.529. The molecule has 50 valence electrons. The fraction of sp³-hybridized carbons (Fsp3) is 0.667. The minimum atomic E-state index is -0.382. The van der Waals surface area contributed by atoms with Crippen molar-refractivity contribution in [2.45, 2.75) is 20.3 Å². The van der Waals surface area contributed by atoms with Gasteiger partial charge in [-0.3, -0.25) is 4.79 Å². The van der Waals surface area contributed by atoms with Gasteiger partial charge in [-0.1, -0.05) is 13.8 Å². The van der Waals surface area contributed by atoms with Crippen LogP contribution in [0.5, 0.6) is 0 Å². The summed E-state index contributed by atoms with van der Waals surface area (Å²) in [4.78, 5) is 23.0. The quantitative estimate of drug-likeness (QED) is 0.408. The van der Waals surface area contributed by atoms with Crippen LogP contribution in [0.25, 0.3) is 0 Å². The summed E-state index contributed by atoms with van der Waals surface area (Å²) >= 11 is 0. The lowest BCUT2D eigenvalue weighted by atomic mass is 10.1. The van der Waals surface area contributed by atoms with Crippen LogP contribution in [0.15, 0.2) is 4.99 Å². The topological polar surface area (TPSA) is 46.5 Å². The van der Waals surface area contributed by atoms with Gasteiger partial charge in [0.15, 0.2) is 0 Å². The van der Waals surface area contributed by atoms with Crippen molar-refractivity contribution in [1.82, 2.24) is 0 Å². The first-order valence-electron chi connectivity index (χ1n) is 2.84. The molecule has 1 atom stereocenters. The molecule has 0 aliphatic rings. The highest BCUT2D eigenvalue weighted by Crippen LogP contribution is 2.01. The lowest BCUT2D eigenvalue weighted by Crippen LogP contribution is -2.05. The van der Waals surface area contributed by atoms with Gasteiger partial charge in [-0.05, 0) is 6.42 Å². The summed E-state index contributed by atoms with van der Waals surface area (Å²) in [6, 6.07) is 0. The minimum Gasteiger partial charge on any atom is -0.271 e. The molecule has 0 aliphatic heterocycles. The second-order valence-electron chi connectivity index (χ2n) is 1.85. The SMILES string of the molecule is CCC(C)C(=O)N=C=O. The summed E-state index contributed by atoms with van der Waals surface area (Å²) in [7, 11) is 0. The molecule has 3 heteroatoms. The molecule has 9 heavy (non-hydrogen) atoms. The van der Waals surface area contributed by atoms with Crippen molar-refractivity contribution in [2.24, 2.45) is 10.9 Å². The van der Waals surface area contributed by atoms with E-state index in [1.54, 1.807) is 6.92 Å². The number of aliphatic imine (C=N–C) groups is 1. The third kappa shape index (κ3) is 2.77. The van der Waals surface area contributed by atoms with E-state index in [0.29, 0.717) is 6.42 Å². The molecular formula is C6H9NO2. The number of amides is 1. The molecule has 0 aromatic carbocycles. The second-order valence-corrected chi connectivity index (χ2v) is 1.85. The fourth-order valence-electron chi connectivity index (χ4n) is 0.330. The number of carbonyl (C=O) groups excluding carboxylic acids is 2. The smallest absolute Gasteiger partial charge is 0.259 e. The van der Waals surface area contributed by atoms with Crippen molar-refractivity contribution in [3.63, 3.8) is 0 Å². The molecule has 0 aromatic rings. The van der Waals surface area contributed by atoms with Crippen LogP contribution in [-0.2, 0) is 9.59 Å². The molecular weight excluding hydrogens is 118 g/mol. The third-order valence-corrected chi connectivity index (χ3v) is 1.19. The van der Waals surface area contributed by atoms with Crippen molar-refractivity contribution in [3.8, 4) is 0 Å². The fourth-order valence-corrected chi connectivity index (χ4v) is 0.330. The molecule has 0 saturated heterocycles. The number of nitrogens with zero attached hydrogens (tertiary/aromatic N) is 1. The monoisotopic (exact) mass is 127 g/mol. The summed E-state index contributed by atoms with van der Waals surface area (Å²) in [6.07, 6.45) is 1.92. The number of isocyanates is 1. The maximum absolute atomic E-state index is 10.5. The molecule has 0 radical (unpaired) electrons. The zero-order valence-electron chi connectivity index (χ0n) is 5.55. The van der Waals surface area contributed by atoms with Crippen LogP contribution in [0.4, 0.5) is 0 Å². The van der Waals surface area contributed by atoms with Gasteiger partial charge in [0.25, 0.3) is 5.91 Å². The Labute approximate surface area is 53.8 Å². The van der Waals surface area contributed by atoms with Gasteiger partial charge in [0.05, 0.1) is 0 Å². The average Bonchev–Trinajstić information content (AvgIpc) is 1.87. The molecule has 0 aromatic heterocycles. The Morgan fingerprint density at radius 2 is 2.33 bits per heavy atom. The molecule has 0 spiro atoms. The number of hydrogen-bond donors (Lipinski definition) is 0. The number of rotatable bonds is 2. The summed E-state index contributed by atoms with van der Waals surface area (Å²) < 4.78 is 0. The number of hydrogen-bond acceptors (Lipinski definition) is 2. The van der Waals surface area contributed by atoms with Crippen molar-refractivity contribution in [2.75, 3.05) is 0 Å². The zero-order chi connectivity index (χ0) is 7.28. The minimum absolute atomic E-state index is 0.147.